The molecule has 0 fully saturated rings. The molecule has 2 aromatic rings. The van der Waals surface area contributed by atoms with Gasteiger partial charge in [-0.15, -0.1) is 0 Å². The second-order valence-corrected chi connectivity index (χ2v) is 3.71. The predicted molar refractivity (Wildman–Crippen MR) is 58.3 cm³/mol. The second kappa shape index (κ2) is 3.73. The number of hydrogen-bond donors (Lipinski definition) is 1. The Hall–Kier alpha value is -1.84. The molecule has 0 atom stereocenters. The molecule has 0 aliphatic carbocycles. The lowest BCUT2D eigenvalue weighted by Gasteiger charge is -2.07. The van der Waals surface area contributed by atoms with Gasteiger partial charge in [0.1, 0.15) is 5.82 Å². The summed E-state index contributed by atoms with van der Waals surface area (Å²) in [6.45, 7) is 4.02. The Kier molecular flexibility index (Phi) is 2.41. The van der Waals surface area contributed by atoms with E-state index in [2.05, 4.69) is 10.2 Å². The number of rotatable bonds is 2. The molecule has 0 saturated heterocycles. The molecule has 0 saturated carbocycles. The highest BCUT2D eigenvalue weighted by Gasteiger charge is 2.12. The summed E-state index contributed by atoms with van der Waals surface area (Å²) in [5.41, 5.74) is 0.657. The van der Waals surface area contributed by atoms with Crippen LogP contribution in [0.4, 0.5) is 0 Å². The Labute approximate surface area is 87.6 Å². The fourth-order valence-electron chi connectivity index (χ4n) is 1.52. The highest BCUT2D eigenvalue weighted by Crippen LogP contribution is 2.13. The Morgan fingerprint density at radius 2 is 1.93 bits per heavy atom. The minimum atomic E-state index is -0.190. The van der Waals surface area contributed by atoms with Crippen LogP contribution < -0.4 is 5.69 Å². The largest absolute Gasteiger partial charge is 0.347 e. The highest BCUT2D eigenvalue weighted by molar-refractivity contribution is 5.32. The molecule has 2 rings (SSSR count). The average Bonchev–Trinajstić information content (AvgIpc) is 2.61. The van der Waals surface area contributed by atoms with Gasteiger partial charge in [-0.25, -0.2) is 14.5 Å². The zero-order chi connectivity index (χ0) is 10.8. The molecular weight excluding hydrogens is 190 g/mol. The fraction of sp³-hybridized carbons (Fsp3) is 0.273. The topological polar surface area (TPSA) is 50.7 Å². The Morgan fingerprint density at radius 3 is 2.53 bits per heavy atom. The predicted octanol–water partition coefficient (Wildman–Crippen LogP) is 1.68. The van der Waals surface area contributed by atoms with Crippen molar-refractivity contribution in [2.24, 2.45) is 0 Å². The van der Waals surface area contributed by atoms with Crippen LogP contribution in [0, 0.1) is 0 Å². The SMILES string of the molecule is CC(C)c1n[nH]c(=O)n1-c1ccccc1. The van der Waals surface area contributed by atoms with E-state index < -0.39 is 0 Å². The molecule has 15 heavy (non-hydrogen) atoms. The van der Waals surface area contributed by atoms with Crippen LogP contribution in [0.25, 0.3) is 5.69 Å². The van der Waals surface area contributed by atoms with Crippen LogP contribution in [-0.4, -0.2) is 14.8 Å². The van der Waals surface area contributed by atoms with Gasteiger partial charge in [0.2, 0.25) is 0 Å². The maximum atomic E-state index is 11.6. The fourth-order valence-corrected chi connectivity index (χ4v) is 1.52. The third-order valence-corrected chi connectivity index (χ3v) is 2.23. The van der Waals surface area contributed by atoms with Crippen LogP contribution in [0.2, 0.25) is 0 Å². The van der Waals surface area contributed by atoms with E-state index in [0.717, 1.165) is 11.5 Å². The van der Waals surface area contributed by atoms with E-state index in [0.29, 0.717) is 0 Å². The normalized spacial score (nSPS) is 10.9. The first-order chi connectivity index (χ1) is 7.20. The average molecular weight is 203 g/mol. The third-order valence-electron chi connectivity index (χ3n) is 2.23. The summed E-state index contributed by atoms with van der Waals surface area (Å²) in [4.78, 5) is 11.6. The van der Waals surface area contributed by atoms with Crippen molar-refractivity contribution >= 4 is 0 Å². The summed E-state index contributed by atoms with van der Waals surface area (Å²) in [6.07, 6.45) is 0. The van der Waals surface area contributed by atoms with E-state index in [1.165, 1.54) is 0 Å². The van der Waals surface area contributed by atoms with Crippen LogP contribution in [0.5, 0.6) is 0 Å². The highest BCUT2D eigenvalue weighted by atomic mass is 16.1. The molecule has 0 aliphatic rings. The van der Waals surface area contributed by atoms with Gasteiger partial charge in [-0.1, -0.05) is 32.0 Å². The van der Waals surface area contributed by atoms with Gasteiger partial charge in [-0.3, -0.25) is 0 Å². The number of aromatic amines is 1. The van der Waals surface area contributed by atoms with Crippen molar-refractivity contribution in [1.82, 2.24) is 14.8 Å². The van der Waals surface area contributed by atoms with Crippen molar-refractivity contribution in [2.45, 2.75) is 19.8 Å². The standard InChI is InChI=1S/C11H13N3O/c1-8(2)10-12-13-11(15)14(10)9-6-4-3-5-7-9/h3-8H,1-2H3,(H,13,15). The van der Waals surface area contributed by atoms with E-state index in [4.69, 9.17) is 0 Å². The third kappa shape index (κ3) is 1.70. The summed E-state index contributed by atoms with van der Waals surface area (Å²) in [5.74, 6) is 0.968. The smallest absolute Gasteiger partial charge is 0.247 e. The summed E-state index contributed by atoms with van der Waals surface area (Å²) < 4.78 is 1.60. The summed E-state index contributed by atoms with van der Waals surface area (Å²) in [6, 6.07) is 9.51. The zero-order valence-corrected chi connectivity index (χ0v) is 8.77. The van der Waals surface area contributed by atoms with Gasteiger partial charge >= 0.3 is 5.69 Å². The molecule has 0 radical (unpaired) electrons. The van der Waals surface area contributed by atoms with Crippen molar-refractivity contribution in [3.8, 4) is 5.69 Å². The first kappa shape index (κ1) is 9.71. The summed E-state index contributed by atoms with van der Waals surface area (Å²) in [5, 5.41) is 6.49. The summed E-state index contributed by atoms with van der Waals surface area (Å²) in [7, 11) is 0. The lowest BCUT2D eigenvalue weighted by molar-refractivity contribution is 0.742. The van der Waals surface area contributed by atoms with Crippen molar-refractivity contribution in [3.63, 3.8) is 0 Å². The molecule has 4 heteroatoms. The minimum absolute atomic E-state index is 0.190. The summed E-state index contributed by atoms with van der Waals surface area (Å²) >= 11 is 0. The van der Waals surface area contributed by atoms with E-state index in [1.807, 2.05) is 44.2 Å². The van der Waals surface area contributed by atoms with Gasteiger partial charge in [0, 0.05) is 5.92 Å². The molecule has 1 aromatic heterocycles. The van der Waals surface area contributed by atoms with Crippen molar-refractivity contribution in [1.29, 1.82) is 0 Å². The number of nitrogens with zero attached hydrogens (tertiary/aromatic N) is 2. The molecule has 1 N–H and O–H groups in total. The van der Waals surface area contributed by atoms with Crippen LogP contribution >= 0.6 is 0 Å². The van der Waals surface area contributed by atoms with Crippen LogP contribution in [0.1, 0.15) is 25.6 Å². The van der Waals surface area contributed by atoms with Gasteiger partial charge in [0.25, 0.3) is 0 Å². The lowest BCUT2D eigenvalue weighted by atomic mass is 10.2. The van der Waals surface area contributed by atoms with Crippen LogP contribution in [0.3, 0.4) is 0 Å². The zero-order valence-electron chi connectivity index (χ0n) is 8.77. The first-order valence-corrected chi connectivity index (χ1v) is 4.93. The van der Waals surface area contributed by atoms with Crippen LogP contribution in [-0.2, 0) is 0 Å². The Balaban J connectivity index is 2.62. The van der Waals surface area contributed by atoms with E-state index in [9.17, 15) is 4.79 Å². The molecule has 4 nitrogen and oxygen atoms in total. The van der Waals surface area contributed by atoms with Crippen LogP contribution in [0.15, 0.2) is 35.1 Å². The van der Waals surface area contributed by atoms with Crippen molar-refractivity contribution in [3.05, 3.63) is 46.6 Å². The molecular formula is C11H13N3O. The number of H-pyrrole nitrogens is 1. The van der Waals surface area contributed by atoms with Gasteiger partial charge in [-0.2, -0.15) is 5.10 Å². The molecule has 0 spiro atoms. The lowest BCUT2D eigenvalue weighted by Crippen LogP contribution is -2.17. The second-order valence-electron chi connectivity index (χ2n) is 3.71. The molecule has 1 aromatic carbocycles. The first-order valence-electron chi connectivity index (χ1n) is 4.93. The molecule has 0 amide bonds. The number of hydrogen-bond acceptors (Lipinski definition) is 2. The molecule has 0 unspecified atom stereocenters. The molecule has 0 aliphatic heterocycles. The van der Waals surface area contributed by atoms with E-state index in [-0.39, 0.29) is 11.6 Å². The van der Waals surface area contributed by atoms with Gasteiger partial charge in [-0.05, 0) is 12.1 Å². The number of aromatic nitrogens is 3. The quantitative estimate of drug-likeness (QED) is 0.807. The Bertz CT molecular complexity index is 496. The van der Waals surface area contributed by atoms with Crippen molar-refractivity contribution < 1.29 is 0 Å². The molecule has 1 heterocycles. The molecule has 0 bridgehead atoms. The molecule has 78 valence electrons. The maximum Gasteiger partial charge on any atom is 0.347 e. The van der Waals surface area contributed by atoms with Gasteiger partial charge in [0.15, 0.2) is 0 Å². The van der Waals surface area contributed by atoms with E-state index >= 15 is 0 Å². The monoisotopic (exact) mass is 203 g/mol. The Morgan fingerprint density at radius 1 is 1.27 bits per heavy atom. The number of para-hydroxylation sites is 1. The van der Waals surface area contributed by atoms with Gasteiger partial charge < -0.3 is 0 Å². The van der Waals surface area contributed by atoms with E-state index in [1.54, 1.807) is 4.57 Å². The van der Waals surface area contributed by atoms with Crippen molar-refractivity contribution in [2.75, 3.05) is 0 Å². The maximum absolute atomic E-state index is 11.6. The minimum Gasteiger partial charge on any atom is -0.247 e. The number of nitrogens with one attached hydrogen (secondary N) is 1. The number of benzene rings is 1. The van der Waals surface area contributed by atoms with Gasteiger partial charge in [0.05, 0.1) is 5.69 Å².